The number of aliphatic hydroxyl groups is 1. The molecule has 2 heterocycles. The van der Waals surface area contributed by atoms with Gasteiger partial charge in [-0.1, -0.05) is 35.5 Å². The van der Waals surface area contributed by atoms with Gasteiger partial charge >= 0.3 is 5.97 Å². The summed E-state index contributed by atoms with van der Waals surface area (Å²) < 4.78 is 5.09. The maximum absolute atomic E-state index is 12.3. The quantitative estimate of drug-likeness (QED) is 0.746. The Kier molecular flexibility index (Phi) is 5.40. The van der Waals surface area contributed by atoms with Gasteiger partial charge in [0, 0.05) is 4.88 Å². The number of carbonyl (C=O) groups excluding carboxylic acids is 1. The van der Waals surface area contributed by atoms with Crippen LogP contribution in [0.15, 0.2) is 63.0 Å². The van der Waals surface area contributed by atoms with Crippen molar-refractivity contribution in [3.8, 4) is 0 Å². The monoisotopic (exact) mass is 371 g/mol. The first-order valence-corrected chi connectivity index (χ1v) is 9.47. The summed E-state index contributed by atoms with van der Waals surface area (Å²) in [5, 5.41) is 13.0. The standard InChI is InChI=1S/C19H17NO3S2/c1-3-23-19(22)16-17(21)15(11-14-5-4-10-24-14)25-18(16)20-13-8-6-12(2)7-9-13/h4-11,21H,3H2,1-2H3/b15-11-,20-18?. The van der Waals surface area contributed by atoms with Crippen molar-refractivity contribution < 1.29 is 14.6 Å². The van der Waals surface area contributed by atoms with Gasteiger partial charge < -0.3 is 9.84 Å². The first-order valence-electron chi connectivity index (χ1n) is 7.78. The van der Waals surface area contributed by atoms with Gasteiger partial charge in [-0.15, -0.1) is 11.3 Å². The van der Waals surface area contributed by atoms with E-state index >= 15 is 0 Å². The molecule has 0 aliphatic carbocycles. The first-order chi connectivity index (χ1) is 12.1. The zero-order valence-electron chi connectivity index (χ0n) is 13.9. The smallest absolute Gasteiger partial charge is 0.344 e. The maximum Gasteiger partial charge on any atom is 0.344 e. The van der Waals surface area contributed by atoms with Crippen molar-refractivity contribution in [3.05, 3.63) is 68.5 Å². The zero-order chi connectivity index (χ0) is 17.8. The lowest BCUT2D eigenvalue weighted by molar-refractivity contribution is -0.138. The average Bonchev–Trinajstić information content (AvgIpc) is 3.19. The summed E-state index contributed by atoms with van der Waals surface area (Å²) in [6.07, 6.45) is 1.85. The third-order valence-corrected chi connectivity index (χ3v) is 5.29. The number of aliphatic hydroxyl groups excluding tert-OH is 1. The minimum atomic E-state index is -0.562. The van der Waals surface area contributed by atoms with Crippen LogP contribution >= 0.6 is 23.1 Å². The Morgan fingerprint density at radius 2 is 2.04 bits per heavy atom. The Bertz CT molecular complexity index is 863. The highest BCUT2D eigenvalue weighted by Crippen LogP contribution is 2.40. The highest BCUT2D eigenvalue weighted by Gasteiger charge is 2.33. The second-order valence-corrected chi connectivity index (χ2v) is 7.33. The van der Waals surface area contributed by atoms with E-state index in [0.29, 0.717) is 9.95 Å². The number of thiophene rings is 1. The molecule has 2 aromatic rings. The van der Waals surface area contributed by atoms with E-state index in [9.17, 15) is 9.90 Å². The molecule has 1 aliphatic heterocycles. The van der Waals surface area contributed by atoms with Crippen LogP contribution < -0.4 is 0 Å². The third-order valence-electron chi connectivity index (χ3n) is 3.45. The first kappa shape index (κ1) is 17.5. The number of esters is 1. The van der Waals surface area contributed by atoms with Gasteiger partial charge in [-0.05, 0) is 43.5 Å². The van der Waals surface area contributed by atoms with E-state index in [0.717, 1.165) is 16.1 Å². The number of aryl methyl sites for hydroxylation is 1. The summed E-state index contributed by atoms with van der Waals surface area (Å²) in [6, 6.07) is 11.5. The van der Waals surface area contributed by atoms with Crippen molar-refractivity contribution in [2.75, 3.05) is 6.61 Å². The minimum Gasteiger partial charge on any atom is -0.506 e. The largest absolute Gasteiger partial charge is 0.506 e. The predicted molar refractivity (Wildman–Crippen MR) is 104 cm³/mol. The summed E-state index contributed by atoms with van der Waals surface area (Å²) in [7, 11) is 0. The summed E-state index contributed by atoms with van der Waals surface area (Å²) in [6.45, 7) is 3.97. The maximum atomic E-state index is 12.3. The van der Waals surface area contributed by atoms with Gasteiger partial charge in [0.05, 0.1) is 17.2 Å². The molecule has 0 amide bonds. The molecule has 128 valence electrons. The molecular weight excluding hydrogens is 354 g/mol. The van der Waals surface area contributed by atoms with Gasteiger partial charge in [-0.25, -0.2) is 9.79 Å². The number of ether oxygens (including phenoxy) is 1. The molecule has 3 rings (SSSR count). The number of carbonyl (C=O) groups is 1. The van der Waals surface area contributed by atoms with Crippen molar-refractivity contribution in [1.29, 1.82) is 0 Å². The summed E-state index contributed by atoms with van der Waals surface area (Å²) in [4.78, 5) is 18.4. The molecule has 0 spiro atoms. The van der Waals surface area contributed by atoms with Gasteiger partial charge in [0.2, 0.25) is 0 Å². The average molecular weight is 371 g/mol. The van der Waals surface area contributed by atoms with E-state index in [4.69, 9.17) is 4.74 Å². The Labute approximate surface area is 154 Å². The molecule has 1 aromatic heterocycles. The Morgan fingerprint density at radius 1 is 1.28 bits per heavy atom. The van der Waals surface area contributed by atoms with Crippen LogP contribution in [0.5, 0.6) is 0 Å². The lowest BCUT2D eigenvalue weighted by Crippen LogP contribution is -2.12. The molecule has 0 saturated heterocycles. The van der Waals surface area contributed by atoms with Crippen molar-refractivity contribution in [1.82, 2.24) is 0 Å². The lowest BCUT2D eigenvalue weighted by atomic mass is 10.2. The van der Waals surface area contributed by atoms with E-state index in [2.05, 4.69) is 4.99 Å². The highest BCUT2D eigenvalue weighted by molar-refractivity contribution is 8.18. The van der Waals surface area contributed by atoms with E-state index < -0.39 is 5.97 Å². The molecule has 1 aliphatic rings. The number of hydrogen-bond donors (Lipinski definition) is 1. The number of thioether (sulfide) groups is 1. The Hall–Kier alpha value is -2.31. The fraction of sp³-hybridized carbons (Fsp3) is 0.158. The molecule has 0 atom stereocenters. The van der Waals surface area contributed by atoms with Crippen LogP contribution in [0.2, 0.25) is 0 Å². The molecular formula is C19H17NO3S2. The molecule has 0 fully saturated rings. The number of hydrogen-bond acceptors (Lipinski definition) is 6. The molecule has 0 saturated carbocycles. The Balaban J connectivity index is 2.02. The topological polar surface area (TPSA) is 58.9 Å². The van der Waals surface area contributed by atoms with Crippen LogP contribution in [-0.2, 0) is 9.53 Å². The van der Waals surface area contributed by atoms with E-state index in [-0.39, 0.29) is 17.9 Å². The number of nitrogens with zero attached hydrogens (tertiary/aromatic N) is 1. The number of rotatable bonds is 4. The predicted octanol–water partition coefficient (Wildman–Crippen LogP) is 5.25. The van der Waals surface area contributed by atoms with Gasteiger partial charge in [0.1, 0.15) is 16.4 Å². The van der Waals surface area contributed by atoms with Crippen molar-refractivity contribution in [3.63, 3.8) is 0 Å². The fourth-order valence-electron chi connectivity index (χ4n) is 2.23. The van der Waals surface area contributed by atoms with Crippen molar-refractivity contribution >= 4 is 45.9 Å². The molecule has 1 aromatic carbocycles. The van der Waals surface area contributed by atoms with Crippen LogP contribution in [0.3, 0.4) is 0 Å². The van der Waals surface area contributed by atoms with Crippen LogP contribution in [0, 0.1) is 6.92 Å². The van der Waals surface area contributed by atoms with E-state index in [1.807, 2.05) is 54.8 Å². The molecule has 4 nitrogen and oxygen atoms in total. The van der Waals surface area contributed by atoms with Crippen LogP contribution in [0.4, 0.5) is 5.69 Å². The molecule has 0 bridgehead atoms. The number of benzene rings is 1. The van der Waals surface area contributed by atoms with E-state index in [1.54, 1.807) is 18.3 Å². The van der Waals surface area contributed by atoms with Crippen LogP contribution in [0.1, 0.15) is 17.4 Å². The second kappa shape index (κ2) is 7.72. The Morgan fingerprint density at radius 3 is 2.68 bits per heavy atom. The summed E-state index contributed by atoms with van der Waals surface area (Å²) in [5.74, 6) is -0.643. The second-order valence-electron chi connectivity index (χ2n) is 5.32. The SMILES string of the molecule is CCOC(=O)C1=C(O)/C(=C/c2cccs2)SC1=Nc1ccc(C)cc1. The van der Waals surface area contributed by atoms with Gasteiger partial charge in [0.25, 0.3) is 0 Å². The zero-order valence-corrected chi connectivity index (χ0v) is 15.5. The molecule has 25 heavy (non-hydrogen) atoms. The van der Waals surface area contributed by atoms with Gasteiger partial charge in [-0.2, -0.15) is 0 Å². The van der Waals surface area contributed by atoms with Crippen LogP contribution in [0.25, 0.3) is 6.08 Å². The number of aliphatic imine (C=N–C) groups is 1. The van der Waals surface area contributed by atoms with Crippen molar-refractivity contribution in [2.24, 2.45) is 4.99 Å². The van der Waals surface area contributed by atoms with Gasteiger partial charge in [0.15, 0.2) is 0 Å². The minimum absolute atomic E-state index is 0.0808. The van der Waals surface area contributed by atoms with Crippen molar-refractivity contribution in [2.45, 2.75) is 13.8 Å². The molecule has 0 unspecified atom stereocenters. The van der Waals surface area contributed by atoms with Crippen LogP contribution in [-0.4, -0.2) is 22.7 Å². The summed E-state index contributed by atoms with van der Waals surface area (Å²) >= 11 is 2.83. The summed E-state index contributed by atoms with van der Waals surface area (Å²) in [5.41, 5.74) is 1.97. The fourth-order valence-corrected chi connectivity index (χ4v) is 3.99. The normalized spacial score (nSPS) is 17.5. The molecule has 0 radical (unpaired) electrons. The molecule has 6 heteroatoms. The van der Waals surface area contributed by atoms with Gasteiger partial charge in [-0.3, -0.25) is 0 Å². The molecule has 1 N–H and O–H groups in total. The van der Waals surface area contributed by atoms with E-state index in [1.165, 1.54) is 11.8 Å². The third kappa shape index (κ3) is 4.03. The highest BCUT2D eigenvalue weighted by atomic mass is 32.2. The lowest BCUT2D eigenvalue weighted by Gasteiger charge is -2.04.